The second kappa shape index (κ2) is 4.74. The zero-order valence-electron chi connectivity index (χ0n) is 11.9. The van der Waals surface area contributed by atoms with E-state index in [1.807, 2.05) is 28.9 Å². The van der Waals surface area contributed by atoms with Crippen molar-refractivity contribution >= 4 is 11.6 Å². The van der Waals surface area contributed by atoms with Gasteiger partial charge in [0.2, 0.25) is 5.95 Å². The summed E-state index contributed by atoms with van der Waals surface area (Å²) in [5.41, 5.74) is 0.929. The fraction of sp³-hybridized carbons (Fsp3) is 0.600. The zero-order chi connectivity index (χ0) is 13.5. The topological polar surface area (TPSA) is 45.5 Å². The minimum atomic E-state index is 0.580. The second-order valence-corrected chi connectivity index (χ2v) is 5.96. The molecule has 2 saturated heterocycles. The van der Waals surface area contributed by atoms with E-state index in [2.05, 4.69) is 27.2 Å². The molecule has 5 heteroatoms. The highest BCUT2D eigenvalue weighted by Crippen LogP contribution is 2.31. The molecule has 4 heterocycles. The Hall–Kier alpha value is -1.62. The Morgan fingerprint density at radius 2 is 2.10 bits per heavy atom. The number of nitrogens with zero attached hydrogens (tertiary/aromatic N) is 4. The number of fused-ring (bicyclic) bond motifs is 3. The minimum absolute atomic E-state index is 0.580. The van der Waals surface area contributed by atoms with Crippen LogP contribution in [0.5, 0.6) is 0 Å². The van der Waals surface area contributed by atoms with Crippen molar-refractivity contribution in [3.8, 4) is 0 Å². The Labute approximate surface area is 119 Å². The number of nitrogens with one attached hydrogen (secondary N) is 1. The normalized spacial score (nSPS) is 28.9. The van der Waals surface area contributed by atoms with Crippen molar-refractivity contribution in [1.29, 1.82) is 0 Å². The van der Waals surface area contributed by atoms with Crippen LogP contribution in [0.25, 0.3) is 5.65 Å². The molecule has 2 bridgehead atoms. The third-order valence-corrected chi connectivity index (χ3v) is 4.72. The molecule has 5 nitrogen and oxygen atoms in total. The van der Waals surface area contributed by atoms with E-state index in [0.29, 0.717) is 18.1 Å². The lowest BCUT2D eigenvalue weighted by Gasteiger charge is -2.36. The second-order valence-electron chi connectivity index (χ2n) is 5.96. The van der Waals surface area contributed by atoms with Crippen LogP contribution in [0.2, 0.25) is 0 Å². The Balaban J connectivity index is 1.63. The lowest BCUT2D eigenvalue weighted by Crippen LogP contribution is -2.48. The molecule has 2 atom stereocenters. The molecular formula is C15H21N5. The van der Waals surface area contributed by atoms with Crippen molar-refractivity contribution in [2.24, 2.45) is 0 Å². The van der Waals surface area contributed by atoms with Crippen LogP contribution >= 0.6 is 0 Å². The van der Waals surface area contributed by atoms with Gasteiger partial charge in [-0.3, -0.25) is 0 Å². The van der Waals surface area contributed by atoms with Crippen LogP contribution < -0.4 is 10.2 Å². The summed E-state index contributed by atoms with van der Waals surface area (Å²) < 4.78 is 1.87. The molecule has 0 aromatic carbocycles. The Morgan fingerprint density at radius 3 is 2.80 bits per heavy atom. The summed E-state index contributed by atoms with van der Waals surface area (Å²) in [6.45, 7) is 3.18. The number of hydrogen-bond acceptors (Lipinski definition) is 4. The summed E-state index contributed by atoms with van der Waals surface area (Å²) >= 11 is 0. The highest BCUT2D eigenvalue weighted by atomic mass is 15.4. The molecule has 4 rings (SSSR count). The molecule has 1 N–H and O–H groups in total. The fourth-order valence-corrected chi connectivity index (χ4v) is 3.79. The molecule has 2 aromatic rings. The van der Waals surface area contributed by atoms with Gasteiger partial charge in [-0.2, -0.15) is 4.98 Å². The van der Waals surface area contributed by atoms with Crippen LogP contribution in [0.1, 0.15) is 32.6 Å². The van der Waals surface area contributed by atoms with Gasteiger partial charge < -0.3 is 10.2 Å². The van der Waals surface area contributed by atoms with Crippen LogP contribution in [-0.4, -0.2) is 39.3 Å². The molecule has 2 aliphatic heterocycles. The molecule has 2 aliphatic rings. The molecule has 2 fully saturated rings. The lowest BCUT2D eigenvalue weighted by atomic mass is 9.98. The smallest absolute Gasteiger partial charge is 0.245 e. The first-order valence-electron chi connectivity index (χ1n) is 7.67. The van der Waals surface area contributed by atoms with Crippen LogP contribution in [0.15, 0.2) is 24.4 Å². The van der Waals surface area contributed by atoms with E-state index < -0.39 is 0 Å². The molecule has 0 saturated carbocycles. The number of rotatable bonds is 3. The first-order valence-corrected chi connectivity index (χ1v) is 7.67. The van der Waals surface area contributed by atoms with Gasteiger partial charge in [0.1, 0.15) is 0 Å². The molecule has 0 radical (unpaired) electrons. The maximum atomic E-state index is 4.69. The average molecular weight is 271 g/mol. The Morgan fingerprint density at radius 1 is 1.30 bits per heavy atom. The number of aromatic nitrogens is 3. The van der Waals surface area contributed by atoms with E-state index in [4.69, 9.17) is 0 Å². The van der Waals surface area contributed by atoms with Crippen molar-refractivity contribution in [3.05, 3.63) is 24.4 Å². The lowest BCUT2D eigenvalue weighted by molar-refractivity contribution is 0.347. The molecular weight excluding hydrogens is 250 g/mol. The van der Waals surface area contributed by atoms with Crippen molar-refractivity contribution in [2.75, 3.05) is 11.4 Å². The summed E-state index contributed by atoms with van der Waals surface area (Å²) in [6, 6.07) is 7.99. The predicted molar refractivity (Wildman–Crippen MR) is 79.0 cm³/mol. The van der Waals surface area contributed by atoms with Gasteiger partial charge in [0.25, 0.3) is 0 Å². The molecule has 2 aromatic heterocycles. The largest absolute Gasteiger partial charge is 0.337 e. The molecule has 0 amide bonds. The molecule has 0 spiro atoms. The van der Waals surface area contributed by atoms with E-state index in [1.54, 1.807) is 0 Å². The van der Waals surface area contributed by atoms with Crippen molar-refractivity contribution in [2.45, 2.75) is 50.7 Å². The number of hydrogen-bond donors (Lipinski definition) is 1. The van der Waals surface area contributed by atoms with E-state index >= 15 is 0 Å². The van der Waals surface area contributed by atoms with Crippen LogP contribution in [-0.2, 0) is 0 Å². The number of pyridine rings is 1. The van der Waals surface area contributed by atoms with E-state index in [0.717, 1.165) is 18.1 Å². The quantitative estimate of drug-likeness (QED) is 0.925. The van der Waals surface area contributed by atoms with Crippen molar-refractivity contribution in [3.63, 3.8) is 0 Å². The fourth-order valence-electron chi connectivity index (χ4n) is 3.79. The van der Waals surface area contributed by atoms with E-state index in [9.17, 15) is 0 Å². The van der Waals surface area contributed by atoms with Crippen molar-refractivity contribution in [1.82, 2.24) is 19.9 Å². The van der Waals surface area contributed by atoms with Gasteiger partial charge >= 0.3 is 0 Å². The van der Waals surface area contributed by atoms with Crippen LogP contribution in [0.4, 0.5) is 5.95 Å². The van der Waals surface area contributed by atoms with Crippen LogP contribution in [0, 0.1) is 0 Å². The Kier molecular flexibility index (Phi) is 2.88. The first kappa shape index (κ1) is 12.1. The summed E-state index contributed by atoms with van der Waals surface area (Å²) in [4.78, 5) is 7.07. The van der Waals surface area contributed by atoms with Crippen LogP contribution in [0.3, 0.4) is 0 Å². The van der Waals surface area contributed by atoms with Gasteiger partial charge in [-0.1, -0.05) is 6.07 Å². The summed E-state index contributed by atoms with van der Waals surface area (Å²) in [7, 11) is 0. The SMILES string of the molecule is CCN(c1nc2ccccn2n1)C1CC2CCC(C1)N2. The third kappa shape index (κ3) is 1.97. The maximum Gasteiger partial charge on any atom is 0.245 e. The minimum Gasteiger partial charge on any atom is -0.337 e. The monoisotopic (exact) mass is 271 g/mol. The van der Waals surface area contributed by atoms with Gasteiger partial charge in [0.15, 0.2) is 5.65 Å². The maximum absolute atomic E-state index is 4.69. The van der Waals surface area contributed by atoms with Gasteiger partial charge in [0.05, 0.1) is 0 Å². The van der Waals surface area contributed by atoms with Crippen molar-refractivity contribution < 1.29 is 0 Å². The van der Waals surface area contributed by atoms with Gasteiger partial charge in [0, 0.05) is 30.9 Å². The number of anilines is 1. The molecule has 2 unspecified atom stereocenters. The van der Waals surface area contributed by atoms with Gasteiger partial charge in [-0.15, -0.1) is 5.10 Å². The average Bonchev–Trinajstić information content (AvgIpc) is 3.03. The molecule has 0 aliphatic carbocycles. The summed E-state index contributed by atoms with van der Waals surface area (Å²) in [5, 5.41) is 8.35. The standard InChI is InChI=1S/C15H21N5/c1-2-19(13-9-11-6-7-12(10-13)16-11)15-17-14-5-3-4-8-20(14)18-15/h3-5,8,11-13,16H,2,6-7,9-10H2,1H3. The third-order valence-electron chi connectivity index (χ3n) is 4.72. The van der Waals surface area contributed by atoms with Gasteiger partial charge in [-0.25, -0.2) is 4.52 Å². The predicted octanol–water partition coefficient (Wildman–Crippen LogP) is 1.84. The van der Waals surface area contributed by atoms with E-state index in [1.165, 1.54) is 25.7 Å². The first-order chi connectivity index (χ1) is 9.83. The Bertz CT molecular complexity index is 562. The zero-order valence-corrected chi connectivity index (χ0v) is 11.9. The highest BCUT2D eigenvalue weighted by Gasteiger charge is 2.36. The number of piperidine rings is 1. The molecule has 20 heavy (non-hydrogen) atoms. The summed E-state index contributed by atoms with van der Waals surface area (Å²) in [5.74, 6) is 0.880. The highest BCUT2D eigenvalue weighted by molar-refractivity contribution is 5.45. The van der Waals surface area contributed by atoms with E-state index in [-0.39, 0.29) is 0 Å². The van der Waals surface area contributed by atoms with Gasteiger partial charge in [-0.05, 0) is 44.7 Å². The molecule has 106 valence electrons. The summed E-state index contributed by atoms with van der Waals surface area (Å²) in [6.07, 6.45) is 7.07.